The molecule has 3 heteroatoms. The van der Waals surface area contributed by atoms with Crippen molar-refractivity contribution >= 4 is 11.6 Å². The summed E-state index contributed by atoms with van der Waals surface area (Å²) >= 11 is 6.17. The van der Waals surface area contributed by atoms with Crippen molar-refractivity contribution in [3.05, 3.63) is 34.9 Å². The van der Waals surface area contributed by atoms with E-state index in [-0.39, 0.29) is 0 Å². The SMILES string of the molecule is NCCCNC1CC(c2ccccc2Cl)C1. The highest BCUT2D eigenvalue weighted by molar-refractivity contribution is 6.31. The molecule has 0 aliphatic heterocycles. The molecule has 1 fully saturated rings. The van der Waals surface area contributed by atoms with Crippen LogP contribution in [0.2, 0.25) is 5.02 Å². The average Bonchev–Trinajstić information content (AvgIpc) is 2.23. The first-order chi connectivity index (χ1) is 7.81. The zero-order valence-electron chi connectivity index (χ0n) is 9.45. The fourth-order valence-electron chi connectivity index (χ4n) is 2.25. The Hall–Kier alpha value is -0.570. The molecule has 0 heterocycles. The van der Waals surface area contributed by atoms with Gasteiger partial charge in [0.2, 0.25) is 0 Å². The van der Waals surface area contributed by atoms with Gasteiger partial charge in [-0.05, 0) is 49.9 Å². The van der Waals surface area contributed by atoms with Gasteiger partial charge in [-0.25, -0.2) is 0 Å². The highest BCUT2D eigenvalue weighted by atomic mass is 35.5. The number of hydrogen-bond acceptors (Lipinski definition) is 2. The van der Waals surface area contributed by atoms with E-state index in [2.05, 4.69) is 17.4 Å². The summed E-state index contributed by atoms with van der Waals surface area (Å²) in [5, 5.41) is 4.43. The van der Waals surface area contributed by atoms with Crippen LogP contribution < -0.4 is 11.1 Å². The van der Waals surface area contributed by atoms with Crippen LogP contribution >= 0.6 is 11.6 Å². The number of halogens is 1. The molecule has 0 bridgehead atoms. The summed E-state index contributed by atoms with van der Waals surface area (Å²) in [6.07, 6.45) is 3.47. The molecule has 0 radical (unpaired) electrons. The molecule has 88 valence electrons. The van der Waals surface area contributed by atoms with Crippen molar-refractivity contribution in [3.63, 3.8) is 0 Å². The van der Waals surface area contributed by atoms with Gasteiger partial charge in [-0.15, -0.1) is 0 Å². The summed E-state index contributed by atoms with van der Waals surface area (Å²) in [6.45, 7) is 1.81. The van der Waals surface area contributed by atoms with Crippen molar-refractivity contribution in [1.29, 1.82) is 0 Å². The number of nitrogens with two attached hydrogens (primary N) is 1. The number of rotatable bonds is 5. The van der Waals surface area contributed by atoms with Crippen molar-refractivity contribution in [2.75, 3.05) is 13.1 Å². The van der Waals surface area contributed by atoms with Crippen LogP contribution in [-0.2, 0) is 0 Å². The van der Waals surface area contributed by atoms with Gasteiger partial charge in [-0.2, -0.15) is 0 Å². The van der Waals surface area contributed by atoms with Gasteiger partial charge in [0.15, 0.2) is 0 Å². The zero-order chi connectivity index (χ0) is 11.4. The lowest BCUT2D eigenvalue weighted by Gasteiger charge is -2.36. The van der Waals surface area contributed by atoms with Crippen LogP contribution in [0.1, 0.15) is 30.7 Å². The van der Waals surface area contributed by atoms with Crippen LogP contribution in [0.4, 0.5) is 0 Å². The third-order valence-electron chi connectivity index (χ3n) is 3.30. The summed E-state index contributed by atoms with van der Waals surface area (Å²) in [7, 11) is 0. The van der Waals surface area contributed by atoms with Crippen LogP contribution in [0, 0.1) is 0 Å². The van der Waals surface area contributed by atoms with Gasteiger partial charge in [0.1, 0.15) is 0 Å². The monoisotopic (exact) mass is 238 g/mol. The fourth-order valence-corrected chi connectivity index (χ4v) is 2.54. The Kier molecular flexibility index (Phi) is 4.22. The molecule has 0 aromatic heterocycles. The molecule has 16 heavy (non-hydrogen) atoms. The summed E-state index contributed by atoms with van der Waals surface area (Å²) < 4.78 is 0. The molecule has 2 nitrogen and oxygen atoms in total. The summed E-state index contributed by atoms with van der Waals surface area (Å²) in [6, 6.07) is 8.83. The van der Waals surface area contributed by atoms with E-state index in [1.54, 1.807) is 0 Å². The second-order valence-electron chi connectivity index (χ2n) is 4.48. The predicted molar refractivity (Wildman–Crippen MR) is 68.9 cm³/mol. The first-order valence-electron chi connectivity index (χ1n) is 5.99. The van der Waals surface area contributed by atoms with Crippen molar-refractivity contribution in [1.82, 2.24) is 5.32 Å². The van der Waals surface area contributed by atoms with Crippen LogP contribution in [0.25, 0.3) is 0 Å². The van der Waals surface area contributed by atoms with E-state index >= 15 is 0 Å². The third kappa shape index (κ3) is 2.76. The highest BCUT2D eigenvalue weighted by Gasteiger charge is 2.30. The fraction of sp³-hybridized carbons (Fsp3) is 0.538. The molecule has 0 atom stereocenters. The van der Waals surface area contributed by atoms with Gasteiger partial charge in [0.05, 0.1) is 0 Å². The molecular formula is C13H19ClN2. The Labute approximate surface area is 102 Å². The van der Waals surface area contributed by atoms with Gasteiger partial charge in [0, 0.05) is 11.1 Å². The van der Waals surface area contributed by atoms with Crippen LogP contribution in [0.3, 0.4) is 0 Å². The van der Waals surface area contributed by atoms with Crippen molar-refractivity contribution in [3.8, 4) is 0 Å². The lowest BCUT2D eigenvalue weighted by Crippen LogP contribution is -2.40. The summed E-state index contributed by atoms with van der Waals surface area (Å²) in [5.74, 6) is 0.643. The summed E-state index contributed by atoms with van der Waals surface area (Å²) in [4.78, 5) is 0. The van der Waals surface area contributed by atoms with Crippen molar-refractivity contribution in [2.24, 2.45) is 5.73 Å². The number of benzene rings is 1. The second kappa shape index (κ2) is 5.67. The Bertz CT molecular complexity index is 334. The predicted octanol–water partition coefficient (Wildman–Crippen LogP) is 2.52. The smallest absolute Gasteiger partial charge is 0.0440 e. The van der Waals surface area contributed by atoms with Crippen molar-refractivity contribution < 1.29 is 0 Å². The first kappa shape index (κ1) is 11.9. The largest absolute Gasteiger partial charge is 0.330 e. The van der Waals surface area contributed by atoms with Gasteiger partial charge in [0.25, 0.3) is 0 Å². The van der Waals surface area contributed by atoms with Gasteiger partial charge in [-0.1, -0.05) is 29.8 Å². The molecular weight excluding hydrogens is 220 g/mol. The van der Waals surface area contributed by atoms with Gasteiger partial charge >= 0.3 is 0 Å². The maximum atomic E-state index is 6.17. The van der Waals surface area contributed by atoms with E-state index in [0.29, 0.717) is 12.0 Å². The van der Waals surface area contributed by atoms with E-state index < -0.39 is 0 Å². The molecule has 0 amide bonds. The average molecular weight is 239 g/mol. The number of nitrogens with one attached hydrogen (secondary N) is 1. The standard InChI is InChI=1S/C13H19ClN2/c14-13-5-2-1-4-12(13)10-8-11(9-10)16-7-3-6-15/h1-2,4-5,10-11,16H,3,6-9,15H2. The van der Waals surface area contributed by atoms with E-state index in [1.807, 2.05) is 12.1 Å². The summed E-state index contributed by atoms with van der Waals surface area (Å²) in [5.41, 5.74) is 6.76. The molecule has 1 aromatic carbocycles. The minimum absolute atomic E-state index is 0.643. The Morgan fingerprint density at radius 3 is 2.75 bits per heavy atom. The Balaban J connectivity index is 1.78. The molecule has 1 aliphatic rings. The number of hydrogen-bond donors (Lipinski definition) is 2. The van der Waals surface area contributed by atoms with Crippen LogP contribution in [-0.4, -0.2) is 19.1 Å². The Morgan fingerprint density at radius 2 is 2.06 bits per heavy atom. The molecule has 0 unspecified atom stereocenters. The first-order valence-corrected chi connectivity index (χ1v) is 6.37. The molecule has 0 saturated heterocycles. The molecule has 1 aromatic rings. The van der Waals surface area contributed by atoms with Crippen LogP contribution in [0.5, 0.6) is 0 Å². The maximum absolute atomic E-state index is 6.17. The minimum atomic E-state index is 0.643. The highest BCUT2D eigenvalue weighted by Crippen LogP contribution is 2.39. The Morgan fingerprint density at radius 1 is 1.31 bits per heavy atom. The van der Waals surface area contributed by atoms with E-state index in [4.69, 9.17) is 17.3 Å². The van der Waals surface area contributed by atoms with E-state index in [0.717, 1.165) is 24.5 Å². The third-order valence-corrected chi connectivity index (χ3v) is 3.64. The molecule has 3 N–H and O–H groups in total. The van der Waals surface area contributed by atoms with E-state index in [9.17, 15) is 0 Å². The van der Waals surface area contributed by atoms with Crippen LogP contribution in [0.15, 0.2) is 24.3 Å². The lowest BCUT2D eigenvalue weighted by atomic mass is 9.76. The van der Waals surface area contributed by atoms with E-state index in [1.165, 1.54) is 18.4 Å². The second-order valence-corrected chi connectivity index (χ2v) is 4.89. The van der Waals surface area contributed by atoms with Gasteiger partial charge in [-0.3, -0.25) is 0 Å². The zero-order valence-corrected chi connectivity index (χ0v) is 10.2. The topological polar surface area (TPSA) is 38.0 Å². The lowest BCUT2D eigenvalue weighted by molar-refractivity contribution is 0.291. The van der Waals surface area contributed by atoms with Crippen molar-refractivity contribution in [2.45, 2.75) is 31.2 Å². The normalized spacial score (nSPS) is 24.1. The van der Waals surface area contributed by atoms with Gasteiger partial charge < -0.3 is 11.1 Å². The molecule has 1 aliphatic carbocycles. The maximum Gasteiger partial charge on any atom is 0.0440 e. The minimum Gasteiger partial charge on any atom is -0.330 e. The molecule has 2 rings (SSSR count). The quantitative estimate of drug-likeness (QED) is 0.774. The molecule has 1 saturated carbocycles. The molecule has 0 spiro atoms.